The summed E-state index contributed by atoms with van der Waals surface area (Å²) in [5, 5.41) is 3.56. The molecule has 2 aromatic carbocycles. The van der Waals surface area contributed by atoms with Crippen LogP contribution in [0, 0.1) is 0 Å². The normalized spacial score (nSPS) is 10.4. The zero-order valence-corrected chi connectivity index (χ0v) is 13.5. The van der Waals surface area contributed by atoms with Crippen molar-refractivity contribution in [2.24, 2.45) is 0 Å². The minimum Gasteiger partial charge on any atom is -0.352 e. The summed E-state index contributed by atoms with van der Waals surface area (Å²) < 4.78 is 0. The fraction of sp³-hybridized carbons (Fsp3) is 0.235. The molecule has 0 aliphatic rings. The minimum atomic E-state index is -0.0825. The van der Waals surface area contributed by atoms with Gasteiger partial charge in [-0.15, -0.1) is 11.8 Å². The first kappa shape index (κ1) is 15.9. The van der Waals surface area contributed by atoms with E-state index in [2.05, 4.69) is 24.4 Å². The number of carbonyl (C=O) groups excluding carboxylic acids is 1. The Kier molecular flexibility index (Phi) is 6.15. The number of amides is 1. The second kappa shape index (κ2) is 8.11. The van der Waals surface area contributed by atoms with E-state index in [-0.39, 0.29) is 5.91 Å². The van der Waals surface area contributed by atoms with Gasteiger partial charge in [0.1, 0.15) is 0 Å². The molecule has 0 saturated carbocycles. The zero-order chi connectivity index (χ0) is 15.1. The van der Waals surface area contributed by atoms with E-state index >= 15 is 0 Å². The highest BCUT2D eigenvalue weighted by atomic mass is 35.5. The molecule has 0 heterocycles. The molecule has 0 bridgehead atoms. The third-order valence-corrected chi connectivity index (χ3v) is 4.42. The van der Waals surface area contributed by atoms with Gasteiger partial charge in [-0.3, -0.25) is 4.79 Å². The lowest BCUT2D eigenvalue weighted by Gasteiger charge is -2.08. The van der Waals surface area contributed by atoms with Crippen LogP contribution in [0.15, 0.2) is 53.4 Å². The van der Waals surface area contributed by atoms with Gasteiger partial charge in [-0.25, -0.2) is 0 Å². The minimum absolute atomic E-state index is 0.0825. The molecule has 2 aromatic rings. The Balaban J connectivity index is 1.90. The van der Waals surface area contributed by atoms with Crippen molar-refractivity contribution in [1.29, 1.82) is 0 Å². The Morgan fingerprint density at radius 3 is 2.62 bits per heavy atom. The average molecular weight is 320 g/mol. The summed E-state index contributed by atoms with van der Waals surface area (Å²) in [6.45, 7) is 2.69. The standard InChI is InChI=1S/C17H18ClNOS/c1-2-21-16-9-8-14(12-15(16)18)17(20)19-11-10-13-6-4-3-5-7-13/h3-9,12H,2,10-11H2,1H3,(H,19,20). The number of hydrogen-bond acceptors (Lipinski definition) is 2. The molecule has 21 heavy (non-hydrogen) atoms. The summed E-state index contributed by atoms with van der Waals surface area (Å²) >= 11 is 7.86. The van der Waals surface area contributed by atoms with E-state index < -0.39 is 0 Å². The van der Waals surface area contributed by atoms with Crippen molar-refractivity contribution in [2.75, 3.05) is 12.3 Å². The molecule has 110 valence electrons. The molecule has 0 saturated heterocycles. The van der Waals surface area contributed by atoms with E-state index in [1.165, 1.54) is 5.56 Å². The van der Waals surface area contributed by atoms with Crippen LogP contribution in [-0.4, -0.2) is 18.2 Å². The maximum absolute atomic E-state index is 12.1. The molecule has 0 aliphatic carbocycles. The Morgan fingerprint density at radius 2 is 1.95 bits per heavy atom. The molecule has 2 rings (SSSR count). The molecule has 0 unspecified atom stereocenters. The highest BCUT2D eigenvalue weighted by molar-refractivity contribution is 7.99. The van der Waals surface area contributed by atoms with E-state index in [1.807, 2.05) is 30.3 Å². The summed E-state index contributed by atoms with van der Waals surface area (Å²) in [4.78, 5) is 13.1. The molecule has 0 aliphatic heterocycles. The second-order valence-electron chi connectivity index (χ2n) is 4.57. The summed E-state index contributed by atoms with van der Waals surface area (Å²) in [5.74, 6) is 0.878. The van der Waals surface area contributed by atoms with Crippen molar-refractivity contribution >= 4 is 29.3 Å². The van der Waals surface area contributed by atoms with Crippen LogP contribution in [0.4, 0.5) is 0 Å². The molecular formula is C17H18ClNOS. The smallest absolute Gasteiger partial charge is 0.251 e. The number of nitrogens with one attached hydrogen (secondary N) is 1. The average Bonchev–Trinajstić information content (AvgIpc) is 2.50. The molecule has 0 aromatic heterocycles. The van der Waals surface area contributed by atoms with Crippen molar-refractivity contribution in [3.05, 3.63) is 64.7 Å². The van der Waals surface area contributed by atoms with Gasteiger partial charge in [0.05, 0.1) is 5.02 Å². The van der Waals surface area contributed by atoms with Gasteiger partial charge >= 0.3 is 0 Å². The van der Waals surface area contributed by atoms with Crippen LogP contribution in [-0.2, 0) is 6.42 Å². The molecule has 0 fully saturated rings. The van der Waals surface area contributed by atoms with Crippen LogP contribution in [0.3, 0.4) is 0 Å². The highest BCUT2D eigenvalue weighted by Crippen LogP contribution is 2.27. The number of hydrogen-bond donors (Lipinski definition) is 1. The summed E-state index contributed by atoms with van der Waals surface area (Å²) in [5.41, 5.74) is 1.82. The molecule has 2 nitrogen and oxygen atoms in total. The molecule has 0 atom stereocenters. The summed E-state index contributed by atoms with van der Waals surface area (Å²) in [7, 11) is 0. The van der Waals surface area contributed by atoms with Gasteiger partial charge in [-0.2, -0.15) is 0 Å². The fourth-order valence-electron chi connectivity index (χ4n) is 1.98. The largest absolute Gasteiger partial charge is 0.352 e. The van der Waals surface area contributed by atoms with E-state index in [4.69, 9.17) is 11.6 Å². The van der Waals surface area contributed by atoms with Gasteiger partial charge in [0, 0.05) is 17.0 Å². The number of benzene rings is 2. The van der Waals surface area contributed by atoms with Gasteiger partial charge < -0.3 is 5.32 Å². The van der Waals surface area contributed by atoms with Gasteiger partial charge in [0.15, 0.2) is 0 Å². The zero-order valence-electron chi connectivity index (χ0n) is 11.9. The maximum atomic E-state index is 12.1. The summed E-state index contributed by atoms with van der Waals surface area (Å²) in [6, 6.07) is 15.6. The topological polar surface area (TPSA) is 29.1 Å². The Morgan fingerprint density at radius 1 is 1.19 bits per heavy atom. The van der Waals surface area contributed by atoms with Crippen LogP contribution in [0.5, 0.6) is 0 Å². The lowest BCUT2D eigenvalue weighted by molar-refractivity contribution is 0.0954. The number of carbonyl (C=O) groups is 1. The monoisotopic (exact) mass is 319 g/mol. The van der Waals surface area contributed by atoms with E-state index in [0.29, 0.717) is 17.1 Å². The Hall–Kier alpha value is -1.45. The number of rotatable bonds is 6. The van der Waals surface area contributed by atoms with Crippen molar-refractivity contribution in [1.82, 2.24) is 5.32 Å². The SMILES string of the molecule is CCSc1ccc(C(=O)NCCc2ccccc2)cc1Cl. The van der Waals surface area contributed by atoms with E-state index in [9.17, 15) is 4.79 Å². The van der Waals surface area contributed by atoms with Gasteiger partial charge in [0.2, 0.25) is 0 Å². The van der Waals surface area contributed by atoms with Crippen molar-refractivity contribution in [3.63, 3.8) is 0 Å². The lowest BCUT2D eigenvalue weighted by Crippen LogP contribution is -2.25. The molecule has 1 N–H and O–H groups in total. The van der Waals surface area contributed by atoms with Crippen molar-refractivity contribution in [3.8, 4) is 0 Å². The molecule has 1 amide bonds. The van der Waals surface area contributed by atoms with Crippen molar-refractivity contribution < 1.29 is 4.79 Å². The van der Waals surface area contributed by atoms with Crippen LogP contribution in [0.2, 0.25) is 5.02 Å². The highest BCUT2D eigenvalue weighted by Gasteiger charge is 2.08. The predicted molar refractivity (Wildman–Crippen MR) is 90.3 cm³/mol. The van der Waals surface area contributed by atoms with Gasteiger partial charge in [-0.1, -0.05) is 48.9 Å². The van der Waals surface area contributed by atoms with Crippen LogP contribution < -0.4 is 5.32 Å². The molecule has 4 heteroatoms. The van der Waals surface area contributed by atoms with E-state index in [1.54, 1.807) is 17.8 Å². The fourth-order valence-corrected chi connectivity index (χ4v) is 3.00. The number of thioether (sulfide) groups is 1. The second-order valence-corrected chi connectivity index (χ2v) is 6.28. The maximum Gasteiger partial charge on any atom is 0.251 e. The lowest BCUT2D eigenvalue weighted by atomic mass is 10.1. The van der Waals surface area contributed by atoms with Crippen LogP contribution in [0.25, 0.3) is 0 Å². The Labute approximate surface area is 134 Å². The molecular weight excluding hydrogens is 302 g/mol. The number of halogens is 1. The van der Waals surface area contributed by atoms with E-state index in [0.717, 1.165) is 17.1 Å². The van der Waals surface area contributed by atoms with Crippen LogP contribution >= 0.6 is 23.4 Å². The molecule has 0 radical (unpaired) electrons. The first-order valence-electron chi connectivity index (χ1n) is 6.95. The first-order valence-corrected chi connectivity index (χ1v) is 8.31. The van der Waals surface area contributed by atoms with Gasteiger partial charge in [0.25, 0.3) is 5.91 Å². The summed E-state index contributed by atoms with van der Waals surface area (Å²) in [6.07, 6.45) is 0.823. The third kappa shape index (κ3) is 4.80. The quantitative estimate of drug-likeness (QED) is 0.798. The van der Waals surface area contributed by atoms with Crippen LogP contribution in [0.1, 0.15) is 22.8 Å². The third-order valence-electron chi connectivity index (χ3n) is 3.04. The predicted octanol–water partition coefficient (Wildman–Crippen LogP) is 4.42. The Bertz CT molecular complexity index is 601. The van der Waals surface area contributed by atoms with Crippen molar-refractivity contribution in [2.45, 2.75) is 18.2 Å². The molecule has 0 spiro atoms. The van der Waals surface area contributed by atoms with Gasteiger partial charge in [-0.05, 0) is 35.9 Å². The first-order chi connectivity index (χ1) is 10.2.